The molecule has 1 heterocycles. The van der Waals surface area contributed by atoms with E-state index in [0.717, 1.165) is 20.7 Å². The van der Waals surface area contributed by atoms with Crippen LogP contribution in [-0.2, 0) is 10.0 Å². The summed E-state index contributed by atoms with van der Waals surface area (Å²) in [5, 5.41) is 2.31. The summed E-state index contributed by atoms with van der Waals surface area (Å²) in [6.07, 6.45) is 0. The summed E-state index contributed by atoms with van der Waals surface area (Å²) >= 11 is 1.52. The number of fused-ring (bicyclic) bond motifs is 2. The van der Waals surface area contributed by atoms with E-state index in [4.69, 9.17) is 0 Å². The molecule has 4 rings (SSSR count). The first kappa shape index (κ1) is 18.1. The molecule has 3 aromatic carbocycles. The molecule has 3 aromatic rings. The van der Waals surface area contributed by atoms with E-state index >= 15 is 0 Å². The van der Waals surface area contributed by atoms with Crippen molar-refractivity contribution in [3.63, 3.8) is 0 Å². The van der Waals surface area contributed by atoms with Gasteiger partial charge >= 0.3 is 0 Å². The van der Waals surface area contributed by atoms with Crippen molar-refractivity contribution < 1.29 is 13.2 Å². The lowest BCUT2D eigenvalue weighted by atomic mass is 9.97. The first-order valence-corrected chi connectivity index (χ1v) is 11.0. The van der Waals surface area contributed by atoms with Gasteiger partial charge in [-0.3, -0.25) is 4.79 Å². The molecule has 4 nitrogen and oxygen atoms in total. The van der Waals surface area contributed by atoms with Gasteiger partial charge in [0.15, 0.2) is 0 Å². The number of carbonyl (C=O) groups excluding carboxylic acids is 1. The Bertz CT molecular complexity index is 1200. The van der Waals surface area contributed by atoms with Crippen LogP contribution in [0, 0.1) is 6.92 Å². The van der Waals surface area contributed by atoms with Crippen molar-refractivity contribution in [1.29, 1.82) is 0 Å². The summed E-state index contributed by atoms with van der Waals surface area (Å²) < 4.78 is 26.8. The van der Waals surface area contributed by atoms with Gasteiger partial charge in [0.2, 0.25) is 0 Å². The maximum absolute atomic E-state index is 12.4. The lowest BCUT2D eigenvalue weighted by Gasteiger charge is -2.13. The first-order valence-electron chi connectivity index (χ1n) is 8.69. The number of benzene rings is 3. The topological polar surface area (TPSA) is 63.2 Å². The fraction of sp³-hybridized carbons (Fsp3) is 0.190. The lowest BCUT2D eigenvalue weighted by molar-refractivity contribution is 0.0984. The van der Waals surface area contributed by atoms with E-state index in [1.165, 1.54) is 22.7 Å². The summed E-state index contributed by atoms with van der Waals surface area (Å²) in [5.41, 5.74) is 2.23. The molecule has 0 bridgehead atoms. The van der Waals surface area contributed by atoms with E-state index in [1.807, 2.05) is 32.0 Å². The second-order valence-corrected chi connectivity index (χ2v) is 9.77. The van der Waals surface area contributed by atoms with E-state index in [-0.39, 0.29) is 16.4 Å². The Kier molecular flexibility index (Phi) is 4.28. The standard InChI is InChI=1S/C21H19NO3S2/c1-12(2)17-10-14(11-19-20(17)21(23)22-27(19,24)25)26-18-9-8-13(3)15-6-4-5-7-16(15)18/h4-12H,1-3H3,(H,22,23). The second-order valence-electron chi connectivity index (χ2n) is 7.00. The highest BCUT2D eigenvalue weighted by atomic mass is 32.2. The van der Waals surface area contributed by atoms with E-state index in [0.29, 0.717) is 0 Å². The van der Waals surface area contributed by atoms with E-state index in [1.54, 1.807) is 6.07 Å². The van der Waals surface area contributed by atoms with Crippen LogP contribution in [0.5, 0.6) is 0 Å². The van der Waals surface area contributed by atoms with Gasteiger partial charge in [0.05, 0.1) is 5.56 Å². The van der Waals surface area contributed by atoms with Gasteiger partial charge in [-0.2, -0.15) is 0 Å². The molecule has 138 valence electrons. The Labute approximate surface area is 163 Å². The highest BCUT2D eigenvalue weighted by Gasteiger charge is 2.35. The molecule has 0 saturated carbocycles. The van der Waals surface area contributed by atoms with Gasteiger partial charge < -0.3 is 0 Å². The Hall–Kier alpha value is -2.31. The minimum absolute atomic E-state index is 0.0353. The SMILES string of the molecule is Cc1ccc(Sc2cc(C(C)C)c3c(c2)S(=O)(=O)NC3=O)c2ccccc12. The van der Waals surface area contributed by atoms with Gasteiger partial charge in [0.25, 0.3) is 15.9 Å². The molecule has 0 fully saturated rings. The van der Waals surface area contributed by atoms with Crippen molar-refractivity contribution in [2.24, 2.45) is 0 Å². The number of rotatable bonds is 3. The Morgan fingerprint density at radius 2 is 1.70 bits per heavy atom. The number of amides is 1. The van der Waals surface area contributed by atoms with Crippen molar-refractivity contribution in [2.45, 2.75) is 41.4 Å². The van der Waals surface area contributed by atoms with E-state index in [9.17, 15) is 13.2 Å². The predicted molar refractivity (Wildman–Crippen MR) is 108 cm³/mol. The van der Waals surface area contributed by atoms with Gasteiger partial charge in [-0.05, 0) is 52.9 Å². The molecule has 0 unspecified atom stereocenters. The molecule has 27 heavy (non-hydrogen) atoms. The smallest absolute Gasteiger partial charge is 0.266 e. The van der Waals surface area contributed by atoms with Crippen LogP contribution in [0.4, 0.5) is 0 Å². The third kappa shape index (κ3) is 3.03. The molecule has 1 amide bonds. The van der Waals surface area contributed by atoms with Crippen molar-refractivity contribution in [1.82, 2.24) is 4.72 Å². The molecule has 0 radical (unpaired) electrons. The summed E-state index contributed by atoms with van der Waals surface area (Å²) in [5.74, 6) is -0.501. The van der Waals surface area contributed by atoms with Crippen LogP contribution in [-0.4, -0.2) is 14.3 Å². The highest BCUT2D eigenvalue weighted by Crippen LogP contribution is 2.39. The van der Waals surface area contributed by atoms with Crippen LogP contribution in [0.1, 0.15) is 41.3 Å². The monoisotopic (exact) mass is 397 g/mol. The number of hydrogen-bond acceptors (Lipinski definition) is 4. The number of hydrogen-bond donors (Lipinski definition) is 1. The van der Waals surface area contributed by atoms with Crippen LogP contribution < -0.4 is 4.72 Å². The highest BCUT2D eigenvalue weighted by molar-refractivity contribution is 7.99. The third-order valence-corrected chi connectivity index (χ3v) is 7.20. The largest absolute Gasteiger partial charge is 0.268 e. The number of nitrogens with one attached hydrogen (secondary N) is 1. The molecule has 1 N–H and O–H groups in total. The molecule has 6 heteroatoms. The summed E-state index contributed by atoms with van der Waals surface area (Å²) in [7, 11) is -3.79. The fourth-order valence-electron chi connectivity index (χ4n) is 3.45. The quantitative estimate of drug-likeness (QED) is 0.686. The minimum atomic E-state index is -3.79. The normalized spacial score (nSPS) is 15.2. The third-order valence-electron chi connectivity index (χ3n) is 4.80. The number of sulfonamides is 1. The maximum Gasteiger partial charge on any atom is 0.266 e. The zero-order valence-corrected chi connectivity index (χ0v) is 16.9. The predicted octanol–water partition coefficient (Wildman–Crippen LogP) is 4.85. The molecule has 0 aromatic heterocycles. The molecule has 0 atom stereocenters. The fourth-order valence-corrected chi connectivity index (χ4v) is 5.78. The molecule has 0 saturated heterocycles. The number of aryl methyl sites for hydroxylation is 1. The average Bonchev–Trinajstić information content (AvgIpc) is 2.86. The van der Waals surface area contributed by atoms with Crippen LogP contribution in [0.25, 0.3) is 10.8 Å². The lowest BCUT2D eigenvalue weighted by Crippen LogP contribution is -2.21. The Morgan fingerprint density at radius 3 is 2.41 bits per heavy atom. The van der Waals surface area contributed by atoms with Crippen LogP contribution >= 0.6 is 11.8 Å². The van der Waals surface area contributed by atoms with Crippen LogP contribution in [0.3, 0.4) is 0 Å². The number of carbonyl (C=O) groups is 1. The van der Waals surface area contributed by atoms with Gasteiger partial charge in [-0.25, -0.2) is 13.1 Å². The van der Waals surface area contributed by atoms with Gasteiger partial charge in [0, 0.05) is 9.79 Å². The molecular formula is C21H19NO3S2. The summed E-state index contributed by atoms with van der Waals surface area (Å²) in [6.45, 7) is 6.00. The van der Waals surface area contributed by atoms with Gasteiger partial charge in [0.1, 0.15) is 4.90 Å². The molecule has 1 aliphatic rings. The molecule has 1 aliphatic heterocycles. The van der Waals surface area contributed by atoms with E-state index < -0.39 is 15.9 Å². The van der Waals surface area contributed by atoms with Crippen molar-refractivity contribution in [2.75, 3.05) is 0 Å². The molecule has 0 aliphatic carbocycles. The molecule has 0 spiro atoms. The zero-order chi connectivity index (χ0) is 19.3. The van der Waals surface area contributed by atoms with Crippen molar-refractivity contribution >= 4 is 38.5 Å². The minimum Gasteiger partial charge on any atom is -0.268 e. The Morgan fingerprint density at radius 1 is 1.00 bits per heavy atom. The summed E-state index contributed by atoms with van der Waals surface area (Å²) in [6, 6.07) is 15.8. The summed E-state index contributed by atoms with van der Waals surface area (Å²) in [4.78, 5) is 14.1. The second kappa shape index (κ2) is 6.39. The Balaban J connectivity index is 1.89. The van der Waals surface area contributed by atoms with Gasteiger partial charge in [-0.1, -0.05) is 55.9 Å². The first-order chi connectivity index (χ1) is 12.8. The van der Waals surface area contributed by atoms with Crippen molar-refractivity contribution in [3.05, 3.63) is 65.2 Å². The van der Waals surface area contributed by atoms with Crippen LogP contribution in [0.2, 0.25) is 0 Å². The van der Waals surface area contributed by atoms with Crippen molar-refractivity contribution in [3.8, 4) is 0 Å². The maximum atomic E-state index is 12.4. The van der Waals surface area contributed by atoms with Gasteiger partial charge in [-0.15, -0.1) is 0 Å². The van der Waals surface area contributed by atoms with Crippen LogP contribution in [0.15, 0.2) is 63.2 Å². The zero-order valence-electron chi connectivity index (χ0n) is 15.2. The van der Waals surface area contributed by atoms with E-state index in [2.05, 4.69) is 35.9 Å². The molecular weight excluding hydrogens is 378 g/mol. The average molecular weight is 398 g/mol.